The van der Waals surface area contributed by atoms with Crippen molar-refractivity contribution in [3.63, 3.8) is 0 Å². The lowest BCUT2D eigenvalue weighted by Crippen LogP contribution is -2.23. The Bertz CT molecular complexity index is 667. The summed E-state index contributed by atoms with van der Waals surface area (Å²) < 4.78 is 5.17. The van der Waals surface area contributed by atoms with E-state index in [9.17, 15) is 0 Å². The van der Waals surface area contributed by atoms with Crippen LogP contribution < -0.4 is 11.1 Å². The van der Waals surface area contributed by atoms with Crippen molar-refractivity contribution in [1.82, 2.24) is 4.98 Å². The molecule has 0 aliphatic heterocycles. The van der Waals surface area contributed by atoms with E-state index in [1.807, 2.05) is 50.2 Å². The molecule has 116 valence electrons. The number of rotatable bonds is 5. The fraction of sp³-hybridized carbons (Fsp3) is 0.294. The number of benzene rings is 1. The van der Waals surface area contributed by atoms with Crippen molar-refractivity contribution in [2.24, 2.45) is 10.7 Å². The summed E-state index contributed by atoms with van der Waals surface area (Å²) in [7, 11) is 1.67. The number of nitrogens with one attached hydrogen (secondary N) is 1. The summed E-state index contributed by atoms with van der Waals surface area (Å²) in [5.41, 5.74) is 11.0. The molecule has 0 radical (unpaired) electrons. The molecule has 0 aliphatic carbocycles. The third kappa shape index (κ3) is 4.30. The lowest BCUT2D eigenvalue weighted by atomic mass is 10.2. The Morgan fingerprint density at radius 2 is 2.00 bits per heavy atom. The van der Waals surface area contributed by atoms with E-state index in [0.717, 1.165) is 22.6 Å². The number of para-hydroxylation sites is 1. The minimum absolute atomic E-state index is 0.364. The van der Waals surface area contributed by atoms with Gasteiger partial charge in [0, 0.05) is 24.1 Å². The van der Waals surface area contributed by atoms with Gasteiger partial charge < -0.3 is 15.8 Å². The number of aromatic nitrogens is 1. The Balaban J connectivity index is 2.05. The summed E-state index contributed by atoms with van der Waals surface area (Å²) in [6.07, 6.45) is 0. The lowest BCUT2D eigenvalue weighted by molar-refractivity contribution is 0.185. The predicted molar refractivity (Wildman–Crippen MR) is 89.8 cm³/mol. The van der Waals surface area contributed by atoms with E-state index < -0.39 is 0 Å². The summed E-state index contributed by atoms with van der Waals surface area (Å²) in [5.74, 6) is 0.364. The van der Waals surface area contributed by atoms with Crippen LogP contribution in [0.5, 0.6) is 0 Å². The average molecular weight is 298 g/mol. The smallest absolute Gasteiger partial charge is 0.193 e. The second-order valence-electron chi connectivity index (χ2n) is 5.12. The first-order chi connectivity index (χ1) is 10.6. The largest absolute Gasteiger partial charge is 0.380 e. The molecule has 0 bridgehead atoms. The van der Waals surface area contributed by atoms with Gasteiger partial charge in [0.25, 0.3) is 0 Å². The molecule has 0 saturated heterocycles. The number of nitrogens with two attached hydrogens (primary N) is 1. The SMILES string of the molecule is COCc1ccccc1NC(N)=NCc1ccc(C)c(C)n1. The lowest BCUT2D eigenvalue weighted by Gasteiger charge is -2.11. The average Bonchev–Trinajstić information content (AvgIpc) is 2.51. The van der Waals surface area contributed by atoms with Crippen LogP contribution in [0, 0.1) is 13.8 Å². The third-order valence-electron chi connectivity index (χ3n) is 3.40. The molecule has 0 atom stereocenters. The predicted octanol–water partition coefficient (Wildman–Crippen LogP) is 2.77. The first-order valence-electron chi connectivity index (χ1n) is 7.17. The Kier molecular flexibility index (Phi) is 5.49. The molecule has 0 saturated carbocycles. The van der Waals surface area contributed by atoms with Crippen LogP contribution in [-0.2, 0) is 17.9 Å². The quantitative estimate of drug-likeness (QED) is 0.657. The maximum atomic E-state index is 5.96. The molecule has 22 heavy (non-hydrogen) atoms. The van der Waals surface area contributed by atoms with Gasteiger partial charge in [0.1, 0.15) is 0 Å². The van der Waals surface area contributed by atoms with E-state index in [-0.39, 0.29) is 0 Å². The maximum absolute atomic E-state index is 5.96. The van der Waals surface area contributed by atoms with Crippen molar-refractivity contribution in [3.05, 3.63) is 58.9 Å². The highest BCUT2D eigenvalue weighted by Gasteiger charge is 2.03. The van der Waals surface area contributed by atoms with Crippen LogP contribution >= 0.6 is 0 Å². The van der Waals surface area contributed by atoms with E-state index in [0.29, 0.717) is 19.1 Å². The number of nitrogens with zero attached hydrogens (tertiary/aromatic N) is 2. The van der Waals surface area contributed by atoms with Crippen LogP contribution in [0.15, 0.2) is 41.4 Å². The summed E-state index contributed by atoms with van der Waals surface area (Å²) in [6.45, 7) is 5.00. The Hall–Kier alpha value is -2.40. The van der Waals surface area contributed by atoms with Gasteiger partial charge in [-0.2, -0.15) is 0 Å². The summed E-state index contributed by atoms with van der Waals surface area (Å²) in [5, 5.41) is 3.11. The fourth-order valence-corrected chi connectivity index (χ4v) is 2.04. The number of guanidine groups is 1. The fourth-order valence-electron chi connectivity index (χ4n) is 2.04. The zero-order valence-corrected chi connectivity index (χ0v) is 13.3. The zero-order valence-electron chi connectivity index (χ0n) is 13.3. The second-order valence-corrected chi connectivity index (χ2v) is 5.12. The van der Waals surface area contributed by atoms with Gasteiger partial charge in [0.2, 0.25) is 0 Å². The molecule has 0 fully saturated rings. The van der Waals surface area contributed by atoms with Gasteiger partial charge in [-0.05, 0) is 31.5 Å². The third-order valence-corrected chi connectivity index (χ3v) is 3.40. The monoisotopic (exact) mass is 298 g/mol. The summed E-state index contributed by atoms with van der Waals surface area (Å²) >= 11 is 0. The van der Waals surface area contributed by atoms with Crippen molar-refractivity contribution >= 4 is 11.6 Å². The molecular formula is C17H22N4O. The topological polar surface area (TPSA) is 72.5 Å². The minimum atomic E-state index is 0.364. The molecule has 1 aromatic heterocycles. The molecule has 5 nitrogen and oxygen atoms in total. The van der Waals surface area contributed by atoms with Crippen molar-refractivity contribution in [2.75, 3.05) is 12.4 Å². The first-order valence-corrected chi connectivity index (χ1v) is 7.17. The van der Waals surface area contributed by atoms with E-state index in [4.69, 9.17) is 10.5 Å². The Labute approximate surface area is 131 Å². The van der Waals surface area contributed by atoms with E-state index >= 15 is 0 Å². The normalized spacial score (nSPS) is 11.5. The Morgan fingerprint density at radius 1 is 1.23 bits per heavy atom. The molecule has 1 heterocycles. The maximum Gasteiger partial charge on any atom is 0.193 e. The summed E-state index contributed by atoms with van der Waals surface area (Å²) in [6, 6.07) is 11.9. The van der Waals surface area contributed by atoms with Crippen LogP contribution in [-0.4, -0.2) is 18.1 Å². The van der Waals surface area contributed by atoms with Crippen LogP contribution in [0.2, 0.25) is 0 Å². The highest BCUT2D eigenvalue weighted by atomic mass is 16.5. The number of methoxy groups -OCH3 is 1. The number of aryl methyl sites for hydroxylation is 2. The van der Waals surface area contributed by atoms with Gasteiger partial charge >= 0.3 is 0 Å². The zero-order chi connectivity index (χ0) is 15.9. The number of anilines is 1. The van der Waals surface area contributed by atoms with Gasteiger partial charge in [-0.25, -0.2) is 4.99 Å². The molecule has 0 amide bonds. The number of ether oxygens (including phenoxy) is 1. The van der Waals surface area contributed by atoms with Crippen LogP contribution in [0.25, 0.3) is 0 Å². The van der Waals surface area contributed by atoms with Crippen LogP contribution in [0.3, 0.4) is 0 Å². The second kappa shape index (κ2) is 7.56. The molecule has 0 unspecified atom stereocenters. The van der Waals surface area contributed by atoms with E-state index in [1.165, 1.54) is 5.56 Å². The number of hydrogen-bond acceptors (Lipinski definition) is 3. The van der Waals surface area contributed by atoms with Crippen LogP contribution in [0.1, 0.15) is 22.5 Å². The molecule has 3 N–H and O–H groups in total. The minimum Gasteiger partial charge on any atom is -0.380 e. The Morgan fingerprint density at radius 3 is 2.73 bits per heavy atom. The molecule has 2 rings (SSSR count). The molecule has 0 aliphatic rings. The van der Waals surface area contributed by atoms with Gasteiger partial charge in [-0.15, -0.1) is 0 Å². The van der Waals surface area contributed by atoms with E-state index in [2.05, 4.69) is 15.3 Å². The number of pyridine rings is 1. The number of aliphatic imine (C=N–C) groups is 1. The molecule has 0 spiro atoms. The van der Waals surface area contributed by atoms with Gasteiger partial charge in [0.15, 0.2) is 5.96 Å². The van der Waals surface area contributed by atoms with Crippen molar-refractivity contribution in [3.8, 4) is 0 Å². The van der Waals surface area contributed by atoms with Gasteiger partial charge in [-0.1, -0.05) is 24.3 Å². The number of hydrogen-bond donors (Lipinski definition) is 2. The molecule has 1 aromatic carbocycles. The van der Waals surface area contributed by atoms with Crippen molar-refractivity contribution < 1.29 is 4.74 Å². The van der Waals surface area contributed by atoms with Gasteiger partial charge in [0.05, 0.1) is 18.8 Å². The van der Waals surface area contributed by atoms with E-state index in [1.54, 1.807) is 7.11 Å². The molecule has 2 aromatic rings. The highest BCUT2D eigenvalue weighted by Crippen LogP contribution is 2.15. The molecule has 5 heteroatoms. The van der Waals surface area contributed by atoms with Gasteiger partial charge in [-0.3, -0.25) is 4.98 Å². The van der Waals surface area contributed by atoms with Crippen LogP contribution in [0.4, 0.5) is 5.69 Å². The molecular weight excluding hydrogens is 276 g/mol. The standard InChI is InChI=1S/C17H22N4O/c1-12-8-9-15(20-13(12)2)10-19-17(18)21-16-7-5-4-6-14(16)11-22-3/h4-9H,10-11H2,1-3H3,(H3,18,19,21). The van der Waals surface area contributed by atoms with Crippen molar-refractivity contribution in [1.29, 1.82) is 0 Å². The first kappa shape index (κ1) is 16.0. The van der Waals surface area contributed by atoms with Crippen molar-refractivity contribution in [2.45, 2.75) is 27.0 Å². The summed E-state index contributed by atoms with van der Waals surface area (Å²) in [4.78, 5) is 8.83. The highest BCUT2D eigenvalue weighted by molar-refractivity contribution is 5.92.